The maximum absolute atomic E-state index is 11.8. The Kier molecular flexibility index (Phi) is 7.16. The van der Waals surface area contributed by atoms with Gasteiger partial charge in [-0.1, -0.05) is 12.1 Å². The lowest BCUT2D eigenvalue weighted by molar-refractivity contribution is -0.139. The molecule has 0 saturated carbocycles. The van der Waals surface area contributed by atoms with Crippen LogP contribution in [0.2, 0.25) is 0 Å². The monoisotopic (exact) mass is 304 g/mol. The molecule has 1 aromatic carbocycles. The summed E-state index contributed by atoms with van der Waals surface area (Å²) in [5, 5.41) is 20.1. The second kappa shape index (κ2) is 9.15. The summed E-state index contributed by atoms with van der Waals surface area (Å²) in [7, 11) is 1.51. The van der Waals surface area contributed by atoms with Gasteiger partial charge in [-0.15, -0.1) is 0 Å². The summed E-state index contributed by atoms with van der Waals surface area (Å²) < 4.78 is 9.84. The Morgan fingerprint density at radius 1 is 1.45 bits per heavy atom. The Bertz CT molecular complexity index is 604. The molecule has 1 amide bonds. The number of carbonyl (C=O) groups excluding carboxylic acids is 1. The summed E-state index contributed by atoms with van der Waals surface area (Å²) in [6.07, 6.45) is 1.40. The lowest BCUT2D eigenvalue weighted by Gasteiger charge is -2.05. The molecule has 0 fully saturated rings. The van der Waals surface area contributed by atoms with Crippen LogP contribution in [0.15, 0.2) is 29.8 Å². The molecule has 0 saturated heterocycles. The number of carboxylic acid groups (broad SMARTS) is 1. The standard InChI is InChI=1S/C15H16N2O5/c1-21-6-5-17-15(20)12(9-16)7-11-3-2-4-13(8-11)22-10-14(18)19/h2-4,7-8H,5-6,10H2,1H3,(H,17,20)(H,18,19)/b12-7+. The summed E-state index contributed by atoms with van der Waals surface area (Å²) in [5.41, 5.74) is 0.493. The normalized spacial score (nSPS) is 10.6. The Hall–Kier alpha value is -2.85. The van der Waals surface area contributed by atoms with Crippen LogP contribution in [0.3, 0.4) is 0 Å². The average molecular weight is 304 g/mol. The van der Waals surface area contributed by atoms with Gasteiger partial charge in [0.2, 0.25) is 0 Å². The smallest absolute Gasteiger partial charge is 0.341 e. The van der Waals surface area contributed by atoms with Crippen molar-refractivity contribution in [1.29, 1.82) is 5.26 Å². The minimum atomic E-state index is -1.09. The topological polar surface area (TPSA) is 109 Å². The van der Waals surface area contributed by atoms with Crippen molar-refractivity contribution in [3.8, 4) is 11.8 Å². The summed E-state index contributed by atoms with van der Waals surface area (Å²) in [4.78, 5) is 22.2. The number of ether oxygens (including phenoxy) is 2. The zero-order valence-electron chi connectivity index (χ0n) is 12.0. The molecule has 0 spiro atoms. The van der Waals surface area contributed by atoms with Crippen LogP contribution in [0.4, 0.5) is 0 Å². The summed E-state index contributed by atoms with van der Waals surface area (Å²) in [6.45, 7) is 0.189. The summed E-state index contributed by atoms with van der Waals surface area (Å²) in [5.74, 6) is -1.25. The highest BCUT2D eigenvalue weighted by molar-refractivity contribution is 6.01. The van der Waals surface area contributed by atoms with Gasteiger partial charge >= 0.3 is 5.97 Å². The van der Waals surface area contributed by atoms with Crippen molar-refractivity contribution in [2.75, 3.05) is 26.9 Å². The minimum Gasteiger partial charge on any atom is -0.482 e. The van der Waals surface area contributed by atoms with Crippen LogP contribution in [0.1, 0.15) is 5.56 Å². The molecule has 22 heavy (non-hydrogen) atoms. The zero-order valence-corrected chi connectivity index (χ0v) is 12.0. The Balaban J connectivity index is 2.80. The van der Waals surface area contributed by atoms with Crippen LogP contribution >= 0.6 is 0 Å². The van der Waals surface area contributed by atoms with Crippen LogP contribution in [-0.2, 0) is 14.3 Å². The van der Waals surface area contributed by atoms with Crippen molar-refractivity contribution < 1.29 is 24.2 Å². The lowest BCUT2D eigenvalue weighted by Crippen LogP contribution is -2.27. The fraction of sp³-hybridized carbons (Fsp3) is 0.267. The fourth-order valence-electron chi connectivity index (χ4n) is 1.52. The van der Waals surface area contributed by atoms with E-state index in [-0.39, 0.29) is 5.57 Å². The third-order valence-electron chi connectivity index (χ3n) is 2.49. The van der Waals surface area contributed by atoms with E-state index in [9.17, 15) is 9.59 Å². The first kappa shape index (κ1) is 17.2. The highest BCUT2D eigenvalue weighted by Gasteiger charge is 2.08. The van der Waals surface area contributed by atoms with E-state index in [0.717, 1.165) is 0 Å². The predicted octanol–water partition coefficient (Wildman–Crippen LogP) is 0.820. The highest BCUT2D eigenvalue weighted by Crippen LogP contribution is 2.16. The summed E-state index contributed by atoms with van der Waals surface area (Å²) in [6, 6.07) is 8.27. The van der Waals surface area contributed by atoms with Gasteiger partial charge in [0.25, 0.3) is 5.91 Å². The van der Waals surface area contributed by atoms with E-state index in [1.54, 1.807) is 24.3 Å². The van der Waals surface area contributed by atoms with E-state index in [4.69, 9.17) is 19.8 Å². The Labute approximate surface area is 127 Å². The number of nitrogens with one attached hydrogen (secondary N) is 1. The van der Waals surface area contributed by atoms with E-state index in [1.165, 1.54) is 13.2 Å². The third-order valence-corrected chi connectivity index (χ3v) is 2.49. The van der Waals surface area contributed by atoms with E-state index in [2.05, 4.69) is 5.32 Å². The quantitative estimate of drug-likeness (QED) is 0.418. The van der Waals surface area contributed by atoms with Crippen molar-refractivity contribution in [3.05, 3.63) is 35.4 Å². The molecule has 0 aliphatic rings. The number of nitriles is 1. The molecule has 2 N–H and O–H groups in total. The average Bonchev–Trinajstić information content (AvgIpc) is 2.51. The second-order valence-corrected chi connectivity index (χ2v) is 4.17. The summed E-state index contributed by atoms with van der Waals surface area (Å²) >= 11 is 0. The number of rotatable bonds is 8. The van der Waals surface area contributed by atoms with Crippen LogP contribution in [0, 0.1) is 11.3 Å². The number of hydrogen-bond donors (Lipinski definition) is 2. The van der Waals surface area contributed by atoms with E-state index in [0.29, 0.717) is 24.5 Å². The molecule has 0 bridgehead atoms. The zero-order chi connectivity index (χ0) is 16.4. The molecule has 1 rings (SSSR count). The number of aliphatic carboxylic acids is 1. The van der Waals surface area contributed by atoms with E-state index < -0.39 is 18.5 Å². The molecule has 0 unspecified atom stereocenters. The van der Waals surface area contributed by atoms with Crippen molar-refractivity contribution in [3.63, 3.8) is 0 Å². The molecule has 0 aromatic heterocycles. The minimum absolute atomic E-state index is 0.0634. The van der Waals surface area contributed by atoms with Crippen LogP contribution in [0.25, 0.3) is 6.08 Å². The molecule has 0 aliphatic heterocycles. The van der Waals surface area contributed by atoms with Crippen molar-refractivity contribution >= 4 is 18.0 Å². The number of methoxy groups -OCH3 is 1. The Morgan fingerprint density at radius 3 is 2.86 bits per heavy atom. The number of amides is 1. The fourth-order valence-corrected chi connectivity index (χ4v) is 1.52. The van der Waals surface area contributed by atoms with Gasteiger partial charge in [-0.3, -0.25) is 4.79 Å². The molecular weight excluding hydrogens is 288 g/mol. The van der Waals surface area contributed by atoms with Gasteiger partial charge < -0.3 is 19.9 Å². The molecular formula is C15H16N2O5. The number of benzene rings is 1. The van der Waals surface area contributed by atoms with Crippen molar-refractivity contribution in [2.24, 2.45) is 0 Å². The van der Waals surface area contributed by atoms with Crippen LogP contribution < -0.4 is 10.1 Å². The van der Waals surface area contributed by atoms with Gasteiger partial charge in [0.15, 0.2) is 6.61 Å². The molecule has 0 atom stereocenters. The predicted molar refractivity (Wildman–Crippen MR) is 78.0 cm³/mol. The molecule has 0 heterocycles. The van der Waals surface area contributed by atoms with Gasteiger partial charge in [-0.2, -0.15) is 5.26 Å². The number of hydrogen-bond acceptors (Lipinski definition) is 5. The van der Waals surface area contributed by atoms with Gasteiger partial charge in [0.05, 0.1) is 6.61 Å². The Morgan fingerprint density at radius 2 is 2.23 bits per heavy atom. The van der Waals surface area contributed by atoms with Gasteiger partial charge in [-0.05, 0) is 23.8 Å². The molecule has 1 aromatic rings. The van der Waals surface area contributed by atoms with E-state index in [1.807, 2.05) is 6.07 Å². The van der Waals surface area contributed by atoms with Crippen molar-refractivity contribution in [1.82, 2.24) is 5.32 Å². The molecule has 7 heteroatoms. The highest BCUT2D eigenvalue weighted by atomic mass is 16.5. The van der Waals surface area contributed by atoms with Gasteiger partial charge in [0, 0.05) is 13.7 Å². The molecule has 0 radical (unpaired) electrons. The molecule has 7 nitrogen and oxygen atoms in total. The third kappa shape index (κ3) is 6.07. The lowest BCUT2D eigenvalue weighted by atomic mass is 10.1. The number of nitrogens with zero attached hydrogens (tertiary/aromatic N) is 1. The second-order valence-electron chi connectivity index (χ2n) is 4.17. The molecule has 116 valence electrons. The first-order valence-electron chi connectivity index (χ1n) is 6.40. The maximum Gasteiger partial charge on any atom is 0.341 e. The first-order valence-corrected chi connectivity index (χ1v) is 6.40. The number of carbonyl (C=O) groups is 2. The van der Waals surface area contributed by atoms with Crippen LogP contribution in [0.5, 0.6) is 5.75 Å². The largest absolute Gasteiger partial charge is 0.482 e. The van der Waals surface area contributed by atoms with E-state index >= 15 is 0 Å². The maximum atomic E-state index is 11.8. The van der Waals surface area contributed by atoms with Crippen molar-refractivity contribution in [2.45, 2.75) is 0 Å². The molecule has 0 aliphatic carbocycles. The van der Waals surface area contributed by atoms with Crippen LogP contribution in [-0.4, -0.2) is 43.9 Å². The SMILES string of the molecule is COCCNC(=O)/C(C#N)=C/c1cccc(OCC(=O)O)c1. The van der Waals surface area contributed by atoms with Gasteiger partial charge in [0.1, 0.15) is 17.4 Å². The first-order chi connectivity index (χ1) is 10.6. The number of carboxylic acids is 1. The van der Waals surface area contributed by atoms with Gasteiger partial charge in [-0.25, -0.2) is 4.79 Å².